The van der Waals surface area contributed by atoms with E-state index in [0.29, 0.717) is 30.8 Å². The number of amides is 2. The third kappa shape index (κ3) is 11.2. The molecule has 2 aromatic carbocycles. The minimum absolute atomic E-state index is 0.146. The molecule has 0 heterocycles. The number of aryl methyl sites for hydroxylation is 1. The fourth-order valence-corrected chi connectivity index (χ4v) is 3.06. The molecule has 0 aliphatic carbocycles. The Morgan fingerprint density at radius 3 is 2.37 bits per heavy atom. The van der Waals surface area contributed by atoms with Gasteiger partial charge >= 0.3 is 18.2 Å². The molecule has 2 aromatic rings. The van der Waals surface area contributed by atoms with Gasteiger partial charge in [-0.25, -0.2) is 14.4 Å². The average Bonchev–Trinajstić information content (AvgIpc) is 2.78. The Balaban J connectivity index is 2.04. The lowest BCUT2D eigenvalue weighted by Gasteiger charge is -2.21. The van der Waals surface area contributed by atoms with E-state index in [9.17, 15) is 14.4 Å². The Labute approximate surface area is 206 Å². The fraction of sp³-hybridized carbons (Fsp3) is 0.370. The van der Waals surface area contributed by atoms with Crippen LogP contribution in [0.5, 0.6) is 0 Å². The van der Waals surface area contributed by atoms with Crippen LogP contribution in [-0.4, -0.2) is 30.4 Å². The maximum atomic E-state index is 12.4. The zero-order valence-corrected chi connectivity index (χ0v) is 20.8. The summed E-state index contributed by atoms with van der Waals surface area (Å²) in [6.45, 7) is 7.58. The lowest BCUT2D eigenvalue weighted by molar-refractivity contribution is -0.137. The van der Waals surface area contributed by atoms with Crippen molar-refractivity contribution in [2.45, 2.75) is 59.2 Å². The van der Waals surface area contributed by atoms with Gasteiger partial charge in [0.05, 0.1) is 6.61 Å². The minimum Gasteiger partial charge on any atom is -0.463 e. The minimum atomic E-state index is -0.654. The number of anilines is 2. The van der Waals surface area contributed by atoms with Crippen molar-refractivity contribution in [1.82, 2.24) is 0 Å². The molecule has 8 nitrogen and oxygen atoms in total. The van der Waals surface area contributed by atoms with Crippen LogP contribution in [0.15, 0.2) is 60.7 Å². The van der Waals surface area contributed by atoms with Crippen molar-refractivity contribution in [2.24, 2.45) is 0 Å². The summed E-state index contributed by atoms with van der Waals surface area (Å²) in [4.78, 5) is 36.0. The van der Waals surface area contributed by atoms with E-state index in [1.165, 1.54) is 6.08 Å². The molecule has 0 fully saturated rings. The van der Waals surface area contributed by atoms with Crippen LogP contribution in [-0.2, 0) is 32.0 Å². The van der Waals surface area contributed by atoms with Crippen LogP contribution >= 0.6 is 0 Å². The highest BCUT2D eigenvalue weighted by Gasteiger charge is 2.18. The molecule has 0 radical (unpaired) electrons. The smallest absolute Gasteiger partial charge is 0.412 e. The lowest BCUT2D eigenvalue weighted by atomic mass is 10.0. The number of ether oxygens (including phenoxy) is 3. The second-order valence-corrected chi connectivity index (χ2v) is 8.73. The molecular weight excluding hydrogens is 448 g/mol. The predicted molar refractivity (Wildman–Crippen MR) is 135 cm³/mol. The molecular formula is C27H34N2O6. The second kappa shape index (κ2) is 13.8. The molecule has 0 aliphatic rings. The SMILES string of the molecule is CCOC(=O)/C=C/CCCc1ccc(NC(=O)OCc2ccccc2)cc1NC(=O)OC(C)(C)C. The van der Waals surface area contributed by atoms with Crippen LogP contribution in [0.25, 0.3) is 0 Å². The first kappa shape index (κ1) is 27.4. The second-order valence-electron chi connectivity index (χ2n) is 8.73. The molecule has 0 unspecified atom stereocenters. The molecule has 0 bridgehead atoms. The summed E-state index contributed by atoms with van der Waals surface area (Å²) >= 11 is 0. The van der Waals surface area contributed by atoms with E-state index in [2.05, 4.69) is 10.6 Å². The van der Waals surface area contributed by atoms with E-state index in [1.807, 2.05) is 36.4 Å². The van der Waals surface area contributed by atoms with Gasteiger partial charge in [-0.05, 0) is 70.2 Å². The predicted octanol–water partition coefficient (Wildman–Crippen LogP) is 6.22. The highest BCUT2D eigenvalue weighted by molar-refractivity contribution is 5.90. The highest BCUT2D eigenvalue weighted by Crippen LogP contribution is 2.24. The van der Waals surface area contributed by atoms with Gasteiger partial charge in [0.1, 0.15) is 12.2 Å². The van der Waals surface area contributed by atoms with Gasteiger partial charge in [0.15, 0.2) is 0 Å². The number of esters is 1. The van der Waals surface area contributed by atoms with Crippen LogP contribution in [0.4, 0.5) is 21.0 Å². The number of carbonyl (C=O) groups excluding carboxylic acids is 3. The lowest BCUT2D eigenvalue weighted by Crippen LogP contribution is -2.27. The number of unbranched alkanes of at least 4 members (excludes halogenated alkanes) is 1. The summed E-state index contributed by atoms with van der Waals surface area (Å²) in [6.07, 6.45) is 4.02. The Kier molecular flexibility index (Phi) is 10.8. The van der Waals surface area contributed by atoms with Crippen molar-refractivity contribution in [3.8, 4) is 0 Å². The molecule has 0 spiro atoms. The molecule has 35 heavy (non-hydrogen) atoms. The Morgan fingerprint density at radius 1 is 0.943 bits per heavy atom. The van der Waals surface area contributed by atoms with Crippen LogP contribution < -0.4 is 10.6 Å². The van der Waals surface area contributed by atoms with Gasteiger partial charge in [-0.2, -0.15) is 0 Å². The van der Waals surface area contributed by atoms with Gasteiger partial charge in [0.25, 0.3) is 0 Å². The number of carbonyl (C=O) groups is 3. The molecule has 0 saturated carbocycles. The zero-order valence-electron chi connectivity index (χ0n) is 20.8. The monoisotopic (exact) mass is 482 g/mol. The number of hydrogen-bond donors (Lipinski definition) is 2. The molecule has 0 atom stereocenters. The van der Waals surface area contributed by atoms with Crippen molar-refractivity contribution >= 4 is 29.5 Å². The van der Waals surface area contributed by atoms with Crippen molar-refractivity contribution in [3.63, 3.8) is 0 Å². The Hall–Kier alpha value is -3.81. The van der Waals surface area contributed by atoms with E-state index < -0.39 is 17.8 Å². The largest absolute Gasteiger partial charge is 0.463 e. The van der Waals surface area contributed by atoms with E-state index in [-0.39, 0.29) is 12.6 Å². The van der Waals surface area contributed by atoms with Gasteiger partial charge < -0.3 is 14.2 Å². The third-order valence-electron chi connectivity index (χ3n) is 4.56. The van der Waals surface area contributed by atoms with Gasteiger partial charge in [-0.3, -0.25) is 10.6 Å². The van der Waals surface area contributed by atoms with E-state index in [4.69, 9.17) is 14.2 Å². The molecule has 2 rings (SSSR count). The maximum absolute atomic E-state index is 12.4. The van der Waals surface area contributed by atoms with Crippen LogP contribution in [0.2, 0.25) is 0 Å². The van der Waals surface area contributed by atoms with Crippen LogP contribution in [0.1, 0.15) is 51.7 Å². The first-order valence-electron chi connectivity index (χ1n) is 11.6. The third-order valence-corrected chi connectivity index (χ3v) is 4.56. The Morgan fingerprint density at radius 2 is 1.69 bits per heavy atom. The highest BCUT2D eigenvalue weighted by atomic mass is 16.6. The molecule has 2 N–H and O–H groups in total. The van der Waals surface area contributed by atoms with Crippen LogP contribution in [0.3, 0.4) is 0 Å². The van der Waals surface area contributed by atoms with Gasteiger partial charge in [0, 0.05) is 17.5 Å². The van der Waals surface area contributed by atoms with E-state index in [0.717, 1.165) is 17.5 Å². The number of allylic oxidation sites excluding steroid dienone is 1. The first-order valence-corrected chi connectivity index (χ1v) is 11.6. The summed E-state index contributed by atoms with van der Waals surface area (Å²) < 4.78 is 15.5. The normalized spacial score (nSPS) is 11.1. The summed E-state index contributed by atoms with van der Waals surface area (Å²) in [5.74, 6) is -0.366. The van der Waals surface area contributed by atoms with Crippen molar-refractivity contribution in [3.05, 3.63) is 71.8 Å². The summed E-state index contributed by atoms with van der Waals surface area (Å²) in [5.41, 5.74) is 2.08. The molecule has 8 heteroatoms. The first-order chi connectivity index (χ1) is 16.7. The summed E-state index contributed by atoms with van der Waals surface area (Å²) in [6, 6.07) is 14.6. The van der Waals surface area contributed by atoms with Crippen LogP contribution in [0, 0.1) is 0 Å². The standard InChI is InChI=1S/C27H34N2O6/c1-5-33-24(30)15-11-7-10-14-21-16-17-22(18-23(21)29-26(32)35-27(2,3)4)28-25(31)34-19-20-12-8-6-9-13-20/h6,8-9,11-13,15-18H,5,7,10,14,19H2,1-4H3,(H,28,31)(H,29,32)/b15-11+. The van der Waals surface area contributed by atoms with Crippen molar-refractivity contribution in [2.75, 3.05) is 17.2 Å². The average molecular weight is 483 g/mol. The van der Waals surface area contributed by atoms with Gasteiger partial charge in [-0.1, -0.05) is 42.5 Å². The molecule has 0 aromatic heterocycles. The van der Waals surface area contributed by atoms with Gasteiger partial charge in [-0.15, -0.1) is 0 Å². The fourth-order valence-electron chi connectivity index (χ4n) is 3.06. The number of rotatable bonds is 10. The van der Waals surface area contributed by atoms with Gasteiger partial charge in [0.2, 0.25) is 0 Å². The molecule has 2 amide bonds. The molecule has 188 valence electrons. The summed E-state index contributed by atoms with van der Waals surface area (Å²) in [5, 5.41) is 5.46. The Bertz CT molecular complexity index is 1010. The number of hydrogen-bond acceptors (Lipinski definition) is 6. The molecule has 0 saturated heterocycles. The topological polar surface area (TPSA) is 103 Å². The van der Waals surface area contributed by atoms with E-state index in [1.54, 1.807) is 45.9 Å². The van der Waals surface area contributed by atoms with Crippen molar-refractivity contribution < 1.29 is 28.6 Å². The maximum Gasteiger partial charge on any atom is 0.412 e. The number of nitrogens with one attached hydrogen (secondary N) is 2. The molecule has 0 aliphatic heterocycles. The zero-order chi connectivity index (χ0) is 25.7. The number of benzene rings is 2. The van der Waals surface area contributed by atoms with Crippen molar-refractivity contribution in [1.29, 1.82) is 0 Å². The quantitative estimate of drug-likeness (QED) is 0.180. The van der Waals surface area contributed by atoms with E-state index >= 15 is 0 Å². The summed E-state index contributed by atoms with van der Waals surface area (Å²) in [7, 11) is 0.